The van der Waals surface area contributed by atoms with Crippen LogP contribution in [-0.2, 0) is 0 Å². The topological polar surface area (TPSA) is 40.5 Å². The number of rotatable bonds is 3. The van der Waals surface area contributed by atoms with Gasteiger partial charge in [0.05, 0.1) is 0 Å². The summed E-state index contributed by atoms with van der Waals surface area (Å²) < 4.78 is 0. The van der Waals surface area contributed by atoms with Crippen molar-refractivity contribution in [3.8, 4) is 0 Å². The molecule has 3 heteroatoms. The first-order valence-electron chi connectivity index (χ1n) is 4.64. The van der Waals surface area contributed by atoms with Crippen molar-refractivity contribution in [2.45, 2.75) is 58.5 Å². The van der Waals surface area contributed by atoms with Crippen molar-refractivity contribution in [3.63, 3.8) is 0 Å². The zero-order valence-electron chi connectivity index (χ0n) is 9.07. The molecule has 0 unspecified atom stereocenters. The number of hydrogen-bond acceptors (Lipinski definition) is 2. The third kappa shape index (κ3) is 1.53. The molecule has 0 aromatic carbocycles. The van der Waals surface area contributed by atoms with Crippen LogP contribution in [0, 0.1) is 0 Å². The molecule has 0 radical (unpaired) electrons. The fourth-order valence-corrected chi connectivity index (χ4v) is 5.37. The molecule has 0 atom stereocenters. The van der Waals surface area contributed by atoms with Crippen LogP contribution >= 0.6 is 7.06 Å². The summed E-state index contributed by atoms with van der Waals surface area (Å²) in [5, 5.41) is 0. The first-order chi connectivity index (χ1) is 5.13. The van der Waals surface area contributed by atoms with Gasteiger partial charge in [-0.1, -0.05) is 0 Å². The molecule has 76 valence electrons. The Morgan fingerprint density at radius 1 is 0.667 bits per heavy atom. The zero-order chi connectivity index (χ0) is 10.2. The van der Waals surface area contributed by atoms with Gasteiger partial charge in [0.25, 0.3) is 0 Å². The quantitative estimate of drug-likeness (QED) is 0.678. The van der Waals surface area contributed by atoms with E-state index >= 15 is 0 Å². The Hall–Kier alpha value is 0.350. The Morgan fingerprint density at radius 2 is 0.833 bits per heavy atom. The molecule has 0 aromatic heterocycles. The van der Waals surface area contributed by atoms with Gasteiger partial charge in [0.1, 0.15) is 0 Å². The van der Waals surface area contributed by atoms with E-state index in [2.05, 4.69) is 0 Å². The van der Waals surface area contributed by atoms with Gasteiger partial charge < -0.3 is 0 Å². The summed E-state index contributed by atoms with van der Waals surface area (Å²) in [6.07, 6.45) is 0. The van der Waals surface area contributed by atoms with Crippen molar-refractivity contribution in [3.05, 3.63) is 0 Å². The predicted molar refractivity (Wildman–Crippen MR) is 56.8 cm³/mol. The van der Waals surface area contributed by atoms with Crippen molar-refractivity contribution in [2.75, 3.05) is 0 Å². The van der Waals surface area contributed by atoms with Crippen LogP contribution in [0.15, 0.2) is 0 Å². The van der Waals surface area contributed by atoms with Gasteiger partial charge in [0.2, 0.25) is 0 Å². The van der Waals surface area contributed by atoms with Crippen LogP contribution < -0.4 is 0 Å². The van der Waals surface area contributed by atoms with Crippen molar-refractivity contribution >= 4 is 7.06 Å². The Bertz CT molecular complexity index is 133. The van der Waals surface area contributed by atoms with E-state index in [0.29, 0.717) is 0 Å². The van der Waals surface area contributed by atoms with Gasteiger partial charge in [-0.25, -0.2) is 0 Å². The molecule has 12 heavy (non-hydrogen) atoms. The molecule has 0 spiro atoms. The SMILES string of the molecule is CC(C)P(O)(O)(C(C)C)C(C)C. The second-order valence-corrected chi connectivity index (χ2v) is 10.1. The maximum atomic E-state index is 10.4. The summed E-state index contributed by atoms with van der Waals surface area (Å²) in [5.74, 6) is 0. The average molecular weight is 194 g/mol. The summed E-state index contributed by atoms with van der Waals surface area (Å²) in [5.41, 5.74) is -0.0944. The second kappa shape index (κ2) is 3.25. The Morgan fingerprint density at radius 3 is 0.833 bits per heavy atom. The van der Waals surface area contributed by atoms with Gasteiger partial charge >= 0.3 is 75.4 Å². The van der Waals surface area contributed by atoms with Crippen molar-refractivity contribution in [1.29, 1.82) is 0 Å². The molecule has 0 rings (SSSR count). The van der Waals surface area contributed by atoms with Crippen LogP contribution in [0.25, 0.3) is 0 Å². The average Bonchev–Trinajstić information content (AvgIpc) is 1.86. The Labute approximate surface area is 76.1 Å². The van der Waals surface area contributed by atoms with E-state index in [4.69, 9.17) is 0 Å². The Kier molecular flexibility index (Phi) is 3.34. The molecular weight excluding hydrogens is 171 g/mol. The van der Waals surface area contributed by atoms with Crippen LogP contribution in [0.4, 0.5) is 0 Å². The van der Waals surface area contributed by atoms with Gasteiger partial charge in [-0.2, -0.15) is 0 Å². The van der Waals surface area contributed by atoms with Gasteiger partial charge in [0.15, 0.2) is 0 Å². The van der Waals surface area contributed by atoms with Gasteiger partial charge in [-0.05, 0) is 0 Å². The molecule has 0 fully saturated rings. The molecule has 0 aliphatic heterocycles. The molecule has 0 amide bonds. The Balaban J connectivity index is 5.09. The minimum atomic E-state index is -3.45. The third-order valence-electron chi connectivity index (χ3n) is 3.17. The molecule has 0 heterocycles. The fourth-order valence-electron chi connectivity index (χ4n) is 1.79. The second-order valence-electron chi connectivity index (χ2n) is 4.51. The molecule has 2 N–H and O–H groups in total. The molecule has 0 aromatic rings. The maximum absolute atomic E-state index is 10.4. The van der Waals surface area contributed by atoms with E-state index in [1.807, 2.05) is 41.5 Å². The van der Waals surface area contributed by atoms with Crippen LogP contribution in [0.1, 0.15) is 41.5 Å². The third-order valence-corrected chi connectivity index (χ3v) is 9.52. The van der Waals surface area contributed by atoms with Crippen molar-refractivity contribution in [2.24, 2.45) is 0 Å². The molecule has 2 nitrogen and oxygen atoms in total. The summed E-state index contributed by atoms with van der Waals surface area (Å²) >= 11 is 0. The van der Waals surface area contributed by atoms with Gasteiger partial charge in [0, 0.05) is 0 Å². The monoisotopic (exact) mass is 194 g/mol. The van der Waals surface area contributed by atoms with E-state index in [-0.39, 0.29) is 17.0 Å². The first-order valence-corrected chi connectivity index (χ1v) is 6.99. The van der Waals surface area contributed by atoms with E-state index in [1.54, 1.807) is 0 Å². The minimum absolute atomic E-state index is 0.0315. The predicted octanol–water partition coefficient (Wildman–Crippen LogP) is 2.58. The van der Waals surface area contributed by atoms with Crippen molar-refractivity contribution < 1.29 is 9.79 Å². The normalized spacial score (nSPS) is 17.1. The standard InChI is InChI=1S/C9H23O2P/c1-7(2)12(10,11,8(3)4)9(5)6/h7-11H,1-6H3. The van der Waals surface area contributed by atoms with Crippen LogP contribution in [0.5, 0.6) is 0 Å². The van der Waals surface area contributed by atoms with Gasteiger partial charge in [-0.3, -0.25) is 0 Å². The summed E-state index contributed by atoms with van der Waals surface area (Å²) in [4.78, 5) is 20.8. The van der Waals surface area contributed by atoms with E-state index in [0.717, 1.165) is 0 Å². The molecule has 0 saturated carbocycles. The van der Waals surface area contributed by atoms with Crippen LogP contribution in [0.3, 0.4) is 0 Å². The summed E-state index contributed by atoms with van der Waals surface area (Å²) in [7, 11) is -3.45. The van der Waals surface area contributed by atoms with Crippen LogP contribution in [0.2, 0.25) is 0 Å². The zero-order valence-corrected chi connectivity index (χ0v) is 9.97. The van der Waals surface area contributed by atoms with E-state index < -0.39 is 7.06 Å². The molecule has 0 aliphatic rings. The van der Waals surface area contributed by atoms with Crippen LogP contribution in [-0.4, -0.2) is 26.8 Å². The van der Waals surface area contributed by atoms with E-state index in [1.165, 1.54) is 0 Å². The summed E-state index contributed by atoms with van der Waals surface area (Å²) in [6.45, 7) is 11.4. The van der Waals surface area contributed by atoms with Gasteiger partial charge in [-0.15, -0.1) is 0 Å². The number of hydrogen-bond donors (Lipinski definition) is 2. The molecule has 0 bridgehead atoms. The first kappa shape index (κ1) is 12.3. The van der Waals surface area contributed by atoms with Crippen molar-refractivity contribution in [1.82, 2.24) is 0 Å². The summed E-state index contributed by atoms with van der Waals surface area (Å²) in [6, 6.07) is 0. The van der Waals surface area contributed by atoms with E-state index in [9.17, 15) is 9.79 Å². The molecular formula is C9H23O2P. The fraction of sp³-hybridized carbons (Fsp3) is 1.00. The molecule has 0 saturated heterocycles. The molecule has 0 aliphatic carbocycles.